The Morgan fingerprint density at radius 1 is 1.21 bits per heavy atom. The van der Waals surface area contributed by atoms with Gasteiger partial charge in [0.05, 0.1) is 0 Å². The van der Waals surface area contributed by atoms with Gasteiger partial charge >= 0.3 is 0 Å². The molecule has 1 amide bonds. The van der Waals surface area contributed by atoms with Crippen LogP contribution in [0.2, 0.25) is 0 Å². The highest BCUT2D eigenvalue weighted by atomic mass is 16.2. The van der Waals surface area contributed by atoms with Gasteiger partial charge < -0.3 is 15.1 Å². The molecule has 1 fully saturated rings. The lowest BCUT2D eigenvalue weighted by Gasteiger charge is -2.32. The second-order valence-electron chi connectivity index (χ2n) is 5.20. The fourth-order valence-electron chi connectivity index (χ4n) is 1.99. The fraction of sp³-hybridized carbons (Fsp3) is 0.615. The summed E-state index contributed by atoms with van der Waals surface area (Å²) in [5.74, 6) is 0.668. The van der Waals surface area contributed by atoms with Crippen molar-refractivity contribution in [2.45, 2.75) is 19.9 Å². The van der Waals surface area contributed by atoms with Crippen molar-refractivity contribution in [2.75, 3.05) is 38.5 Å². The van der Waals surface area contributed by atoms with Crippen molar-refractivity contribution in [3.8, 4) is 0 Å². The molecular weight excluding hydrogens is 242 g/mol. The maximum atomic E-state index is 12.2. The molecule has 0 atom stereocenters. The normalized spacial score (nSPS) is 16.7. The Labute approximate surface area is 113 Å². The number of carbonyl (C=O) groups is 1. The van der Waals surface area contributed by atoms with Crippen LogP contribution in [-0.4, -0.2) is 65.2 Å². The Morgan fingerprint density at radius 3 is 2.42 bits per heavy atom. The van der Waals surface area contributed by atoms with Gasteiger partial charge in [-0.3, -0.25) is 4.79 Å². The van der Waals surface area contributed by atoms with Crippen LogP contribution in [0.25, 0.3) is 0 Å². The number of nitrogens with one attached hydrogen (secondary N) is 1. The number of aromatic nitrogens is 2. The average molecular weight is 263 g/mol. The number of anilines is 1. The second-order valence-corrected chi connectivity index (χ2v) is 5.20. The molecular formula is C13H21N5O. The predicted octanol–water partition coefficient (Wildman–Crippen LogP) is 0.684. The smallest absolute Gasteiger partial charge is 0.274 e. The summed E-state index contributed by atoms with van der Waals surface area (Å²) in [5.41, 5.74) is 0.416. The molecule has 104 valence electrons. The van der Waals surface area contributed by atoms with E-state index in [1.165, 1.54) is 0 Å². The van der Waals surface area contributed by atoms with Crippen LogP contribution in [0, 0.1) is 0 Å². The second kappa shape index (κ2) is 5.97. The maximum absolute atomic E-state index is 12.2. The van der Waals surface area contributed by atoms with Crippen LogP contribution >= 0.6 is 0 Å². The third kappa shape index (κ3) is 3.64. The van der Waals surface area contributed by atoms with E-state index in [9.17, 15) is 4.79 Å². The summed E-state index contributed by atoms with van der Waals surface area (Å²) in [6, 6.07) is 3.84. The number of carbonyl (C=O) groups excluding carboxylic acids is 1. The number of amides is 1. The van der Waals surface area contributed by atoms with E-state index in [0.29, 0.717) is 17.6 Å². The van der Waals surface area contributed by atoms with Gasteiger partial charge in [-0.05, 0) is 33.0 Å². The summed E-state index contributed by atoms with van der Waals surface area (Å²) in [6.45, 7) is 7.39. The summed E-state index contributed by atoms with van der Waals surface area (Å²) in [6.07, 6.45) is 0. The van der Waals surface area contributed by atoms with E-state index in [4.69, 9.17) is 0 Å². The fourth-order valence-corrected chi connectivity index (χ4v) is 1.99. The Kier molecular flexibility index (Phi) is 4.31. The summed E-state index contributed by atoms with van der Waals surface area (Å²) in [5, 5.41) is 11.2. The minimum absolute atomic E-state index is 0.0308. The molecule has 2 rings (SSSR count). The molecule has 1 aliphatic heterocycles. The number of hydrogen-bond donors (Lipinski definition) is 1. The van der Waals surface area contributed by atoms with Gasteiger partial charge in [-0.15, -0.1) is 10.2 Å². The van der Waals surface area contributed by atoms with Crippen LogP contribution in [0.3, 0.4) is 0 Å². The first kappa shape index (κ1) is 13.7. The van der Waals surface area contributed by atoms with Crippen molar-refractivity contribution in [3.63, 3.8) is 0 Å². The third-order valence-electron chi connectivity index (χ3n) is 3.11. The van der Waals surface area contributed by atoms with Crippen LogP contribution in [0.1, 0.15) is 24.3 Å². The van der Waals surface area contributed by atoms with Gasteiger partial charge in [0.1, 0.15) is 5.82 Å². The van der Waals surface area contributed by atoms with Gasteiger partial charge in [0.15, 0.2) is 5.69 Å². The first-order valence-electron chi connectivity index (χ1n) is 6.64. The van der Waals surface area contributed by atoms with Crippen molar-refractivity contribution in [2.24, 2.45) is 0 Å². The SMILES string of the molecule is CC(C)Nc1ccc(C(=O)N2CCN(C)CC2)nn1. The highest BCUT2D eigenvalue weighted by Crippen LogP contribution is 2.08. The monoisotopic (exact) mass is 263 g/mol. The molecule has 2 heterocycles. The van der Waals surface area contributed by atoms with E-state index in [0.717, 1.165) is 26.2 Å². The Bertz CT molecular complexity index is 423. The molecule has 0 aromatic carbocycles. The number of rotatable bonds is 3. The maximum Gasteiger partial charge on any atom is 0.274 e. The topological polar surface area (TPSA) is 61.4 Å². The lowest BCUT2D eigenvalue weighted by Crippen LogP contribution is -2.47. The molecule has 0 saturated carbocycles. The standard InChI is InChI=1S/C13H21N5O/c1-10(2)14-12-5-4-11(15-16-12)13(19)18-8-6-17(3)7-9-18/h4-5,10H,6-9H2,1-3H3,(H,14,16). The molecule has 6 nitrogen and oxygen atoms in total. The first-order valence-corrected chi connectivity index (χ1v) is 6.64. The molecule has 6 heteroatoms. The molecule has 1 aromatic heterocycles. The average Bonchev–Trinajstić information content (AvgIpc) is 2.39. The van der Waals surface area contributed by atoms with E-state index in [1.54, 1.807) is 12.1 Å². The van der Waals surface area contributed by atoms with E-state index in [-0.39, 0.29) is 5.91 Å². The Morgan fingerprint density at radius 2 is 1.89 bits per heavy atom. The van der Waals surface area contributed by atoms with Gasteiger partial charge in [0.25, 0.3) is 5.91 Å². The first-order chi connectivity index (χ1) is 9.06. The van der Waals surface area contributed by atoms with E-state index in [2.05, 4.69) is 27.5 Å². The highest BCUT2D eigenvalue weighted by molar-refractivity contribution is 5.92. The quantitative estimate of drug-likeness (QED) is 0.869. The molecule has 0 aliphatic carbocycles. The van der Waals surface area contributed by atoms with Crippen molar-refractivity contribution < 1.29 is 4.79 Å². The third-order valence-corrected chi connectivity index (χ3v) is 3.11. The van der Waals surface area contributed by atoms with E-state index in [1.807, 2.05) is 18.7 Å². The zero-order chi connectivity index (χ0) is 13.8. The van der Waals surface area contributed by atoms with Crippen LogP contribution in [0.4, 0.5) is 5.82 Å². The summed E-state index contributed by atoms with van der Waals surface area (Å²) < 4.78 is 0. The molecule has 1 aliphatic rings. The van der Waals surface area contributed by atoms with Crippen LogP contribution < -0.4 is 5.32 Å². The number of likely N-dealkylation sites (N-methyl/N-ethyl adjacent to an activating group) is 1. The van der Waals surface area contributed by atoms with E-state index < -0.39 is 0 Å². The van der Waals surface area contributed by atoms with Crippen LogP contribution in [-0.2, 0) is 0 Å². The molecule has 0 bridgehead atoms. The molecule has 0 unspecified atom stereocenters. The number of hydrogen-bond acceptors (Lipinski definition) is 5. The van der Waals surface area contributed by atoms with Gasteiger partial charge in [-0.25, -0.2) is 0 Å². The van der Waals surface area contributed by atoms with Gasteiger partial charge in [0.2, 0.25) is 0 Å². The summed E-state index contributed by atoms with van der Waals surface area (Å²) in [7, 11) is 2.06. The number of piperazine rings is 1. The zero-order valence-electron chi connectivity index (χ0n) is 11.8. The minimum atomic E-state index is -0.0308. The molecule has 1 N–H and O–H groups in total. The lowest BCUT2D eigenvalue weighted by molar-refractivity contribution is 0.0657. The summed E-state index contributed by atoms with van der Waals surface area (Å²) >= 11 is 0. The van der Waals surface area contributed by atoms with E-state index >= 15 is 0 Å². The predicted molar refractivity (Wildman–Crippen MR) is 74.2 cm³/mol. The van der Waals surface area contributed by atoms with Gasteiger partial charge in [-0.1, -0.05) is 0 Å². The van der Waals surface area contributed by atoms with Crippen molar-refractivity contribution in [3.05, 3.63) is 17.8 Å². The molecule has 19 heavy (non-hydrogen) atoms. The van der Waals surface area contributed by atoms with Gasteiger partial charge in [-0.2, -0.15) is 0 Å². The summed E-state index contributed by atoms with van der Waals surface area (Å²) in [4.78, 5) is 16.3. The molecule has 1 aromatic rings. The van der Waals surface area contributed by atoms with Crippen molar-refractivity contribution >= 4 is 11.7 Å². The Hall–Kier alpha value is -1.69. The highest BCUT2D eigenvalue weighted by Gasteiger charge is 2.21. The lowest BCUT2D eigenvalue weighted by atomic mass is 10.2. The molecule has 1 saturated heterocycles. The van der Waals surface area contributed by atoms with Crippen molar-refractivity contribution in [1.29, 1.82) is 0 Å². The largest absolute Gasteiger partial charge is 0.366 e. The van der Waals surface area contributed by atoms with Crippen LogP contribution in [0.15, 0.2) is 12.1 Å². The van der Waals surface area contributed by atoms with Crippen LogP contribution in [0.5, 0.6) is 0 Å². The molecule has 0 spiro atoms. The zero-order valence-corrected chi connectivity index (χ0v) is 11.8. The van der Waals surface area contributed by atoms with Crippen molar-refractivity contribution in [1.82, 2.24) is 20.0 Å². The minimum Gasteiger partial charge on any atom is -0.366 e. The Balaban J connectivity index is 1.99. The van der Waals surface area contributed by atoms with Gasteiger partial charge in [0, 0.05) is 32.2 Å². The molecule has 0 radical (unpaired) electrons. The number of nitrogens with zero attached hydrogens (tertiary/aromatic N) is 4.